The molecule has 2 aromatic rings. The van der Waals surface area contributed by atoms with Crippen LogP contribution in [0.3, 0.4) is 0 Å². The summed E-state index contributed by atoms with van der Waals surface area (Å²) < 4.78 is 0. The first kappa shape index (κ1) is 12.6. The molecule has 0 fully saturated rings. The number of hydrogen-bond acceptors (Lipinski definition) is 3. The number of anilines is 1. The van der Waals surface area contributed by atoms with E-state index in [1.54, 1.807) is 42.8 Å². The van der Waals surface area contributed by atoms with Crippen LogP contribution in [0.4, 0.5) is 5.69 Å². The van der Waals surface area contributed by atoms with Gasteiger partial charge in [0.1, 0.15) is 10.9 Å². The van der Waals surface area contributed by atoms with Crippen LogP contribution >= 0.6 is 22.9 Å². The number of carbonyl (C=O) groups is 1. The minimum absolute atomic E-state index is 0.210. The first-order valence-corrected chi connectivity index (χ1v) is 6.41. The van der Waals surface area contributed by atoms with Crippen LogP contribution in [0.5, 0.6) is 0 Å². The van der Waals surface area contributed by atoms with E-state index in [1.165, 1.54) is 16.2 Å². The number of halogens is 1. The third-order valence-electron chi connectivity index (χ3n) is 2.50. The molecule has 0 aliphatic carbocycles. The standard InChI is InChI=1S/C13H9ClN2OS/c1-16(11-5-3-2-4-9(11)8-15)13(17)12-10(14)6-7-18-12/h2-7H,1H3. The van der Waals surface area contributed by atoms with Crippen LogP contribution in [0.2, 0.25) is 5.02 Å². The molecule has 0 radical (unpaired) electrons. The lowest BCUT2D eigenvalue weighted by atomic mass is 10.2. The second-order valence-electron chi connectivity index (χ2n) is 3.59. The molecule has 1 heterocycles. The van der Waals surface area contributed by atoms with Crippen molar-refractivity contribution in [2.75, 3.05) is 11.9 Å². The molecule has 0 bridgehead atoms. The highest BCUT2D eigenvalue weighted by Gasteiger charge is 2.19. The lowest BCUT2D eigenvalue weighted by molar-refractivity contribution is 0.0997. The van der Waals surface area contributed by atoms with Crippen LogP contribution in [0.15, 0.2) is 35.7 Å². The highest BCUT2D eigenvalue weighted by atomic mass is 35.5. The van der Waals surface area contributed by atoms with E-state index >= 15 is 0 Å². The zero-order chi connectivity index (χ0) is 13.1. The first-order chi connectivity index (χ1) is 8.65. The van der Waals surface area contributed by atoms with Gasteiger partial charge in [-0.2, -0.15) is 5.26 Å². The molecule has 1 aromatic carbocycles. The Bertz CT molecular complexity index is 630. The topological polar surface area (TPSA) is 44.1 Å². The first-order valence-electron chi connectivity index (χ1n) is 5.15. The number of hydrogen-bond donors (Lipinski definition) is 0. The van der Waals surface area contributed by atoms with Gasteiger partial charge in [-0.05, 0) is 23.6 Å². The third-order valence-corrected chi connectivity index (χ3v) is 3.83. The molecule has 0 spiro atoms. The number of benzene rings is 1. The van der Waals surface area contributed by atoms with Gasteiger partial charge in [0.05, 0.1) is 16.3 Å². The summed E-state index contributed by atoms with van der Waals surface area (Å²) in [5, 5.41) is 11.2. The fourth-order valence-corrected chi connectivity index (χ4v) is 2.68. The van der Waals surface area contributed by atoms with Gasteiger partial charge in [-0.3, -0.25) is 4.79 Å². The largest absolute Gasteiger partial charge is 0.309 e. The van der Waals surface area contributed by atoms with Gasteiger partial charge in [-0.15, -0.1) is 11.3 Å². The summed E-state index contributed by atoms with van der Waals surface area (Å²) in [5.41, 5.74) is 1.04. The van der Waals surface area contributed by atoms with Crippen LogP contribution < -0.4 is 4.90 Å². The van der Waals surface area contributed by atoms with Crippen molar-refractivity contribution in [3.63, 3.8) is 0 Å². The van der Waals surface area contributed by atoms with Crippen LogP contribution in [0, 0.1) is 11.3 Å². The summed E-state index contributed by atoms with van der Waals surface area (Å²) in [6.45, 7) is 0. The molecule has 90 valence electrons. The van der Waals surface area contributed by atoms with E-state index in [4.69, 9.17) is 16.9 Å². The lowest BCUT2D eigenvalue weighted by Gasteiger charge is -2.17. The van der Waals surface area contributed by atoms with E-state index in [2.05, 4.69) is 6.07 Å². The second-order valence-corrected chi connectivity index (χ2v) is 4.91. The smallest absolute Gasteiger partial charge is 0.269 e. The molecular weight excluding hydrogens is 268 g/mol. The highest BCUT2D eigenvalue weighted by molar-refractivity contribution is 7.12. The maximum atomic E-state index is 12.2. The van der Waals surface area contributed by atoms with Crippen molar-refractivity contribution in [3.05, 3.63) is 51.2 Å². The molecular formula is C13H9ClN2OS. The molecule has 0 saturated carbocycles. The van der Waals surface area contributed by atoms with E-state index in [9.17, 15) is 4.79 Å². The predicted molar refractivity (Wildman–Crippen MR) is 73.2 cm³/mol. The van der Waals surface area contributed by atoms with Crippen molar-refractivity contribution in [1.82, 2.24) is 0 Å². The van der Waals surface area contributed by atoms with Gasteiger partial charge in [0.15, 0.2) is 0 Å². The van der Waals surface area contributed by atoms with Crippen molar-refractivity contribution in [2.45, 2.75) is 0 Å². The Morgan fingerprint density at radius 2 is 2.11 bits per heavy atom. The van der Waals surface area contributed by atoms with E-state index in [-0.39, 0.29) is 5.91 Å². The van der Waals surface area contributed by atoms with E-state index in [0.717, 1.165) is 0 Å². The van der Waals surface area contributed by atoms with Gasteiger partial charge in [-0.25, -0.2) is 0 Å². The van der Waals surface area contributed by atoms with Crippen molar-refractivity contribution < 1.29 is 4.79 Å². The van der Waals surface area contributed by atoms with Crippen molar-refractivity contribution >= 4 is 34.5 Å². The summed E-state index contributed by atoms with van der Waals surface area (Å²) in [7, 11) is 1.63. The number of amides is 1. The predicted octanol–water partition coefficient (Wildman–Crippen LogP) is 3.55. The molecule has 0 atom stereocenters. The molecule has 5 heteroatoms. The molecule has 0 unspecified atom stereocenters. The van der Waals surface area contributed by atoms with Crippen LogP contribution in [0.25, 0.3) is 0 Å². The Hall–Kier alpha value is -1.83. The zero-order valence-corrected chi connectivity index (χ0v) is 11.1. The normalized spacial score (nSPS) is 9.83. The number of thiophene rings is 1. The monoisotopic (exact) mass is 276 g/mol. The van der Waals surface area contributed by atoms with E-state index in [1.807, 2.05) is 0 Å². The SMILES string of the molecule is CN(C(=O)c1sccc1Cl)c1ccccc1C#N. The number of nitrogens with zero attached hydrogens (tertiary/aromatic N) is 2. The third kappa shape index (κ3) is 2.23. The quantitative estimate of drug-likeness (QED) is 0.842. The van der Waals surface area contributed by atoms with Gasteiger partial charge >= 0.3 is 0 Å². The van der Waals surface area contributed by atoms with Gasteiger partial charge in [0, 0.05) is 7.05 Å². The van der Waals surface area contributed by atoms with Crippen molar-refractivity contribution in [3.8, 4) is 6.07 Å². The lowest BCUT2D eigenvalue weighted by Crippen LogP contribution is -2.26. The van der Waals surface area contributed by atoms with Crippen LogP contribution in [0.1, 0.15) is 15.2 Å². The molecule has 0 aliphatic heterocycles. The second kappa shape index (κ2) is 5.21. The van der Waals surface area contributed by atoms with Crippen LogP contribution in [-0.2, 0) is 0 Å². The van der Waals surface area contributed by atoms with Crippen molar-refractivity contribution in [1.29, 1.82) is 5.26 Å². The number of carbonyl (C=O) groups excluding carboxylic acids is 1. The Morgan fingerprint density at radius 1 is 1.39 bits per heavy atom. The minimum atomic E-state index is -0.210. The van der Waals surface area contributed by atoms with E-state index in [0.29, 0.717) is 21.2 Å². The minimum Gasteiger partial charge on any atom is -0.309 e. The van der Waals surface area contributed by atoms with Gasteiger partial charge < -0.3 is 4.90 Å². The zero-order valence-electron chi connectivity index (χ0n) is 9.55. The van der Waals surface area contributed by atoms with Crippen molar-refractivity contribution in [2.24, 2.45) is 0 Å². The summed E-state index contributed by atoms with van der Waals surface area (Å²) in [6, 6.07) is 10.7. The Balaban J connectivity index is 2.38. The molecule has 0 saturated heterocycles. The molecule has 1 amide bonds. The molecule has 2 rings (SSSR count). The molecule has 3 nitrogen and oxygen atoms in total. The van der Waals surface area contributed by atoms with Crippen LogP contribution in [-0.4, -0.2) is 13.0 Å². The average molecular weight is 277 g/mol. The fourth-order valence-electron chi connectivity index (χ4n) is 1.57. The number of rotatable bonds is 2. The van der Waals surface area contributed by atoms with Gasteiger partial charge in [-0.1, -0.05) is 23.7 Å². The highest BCUT2D eigenvalue weighted by Crippen LogP contribution is 2.26. The number of para-hydroxylation sites is 1. The molecule has 0 aliphatic rings. The fraction of sp³-hybridized carbons (Fsp3) is 0.0769. The van der Waals surface area contributed by atoms with E-state index < -0.39 is 0 Å². The molecule has 0 N–H and O–H groups in total. The Kier molecular flexibility index (Phi) is 3.66. The number of nitriles is 1. The summed E-state index contributed by atoms with van der Waals surface area (Å²) in [4.78, 5) is 14.2. The maximum absolute atomic E-state index is 12.2. The summed E-state index contributed by atoms with van der Waals surface area (Å²) in [5.74, 6) is -0.210. The van der Waals surface area contributed by atoms with Gasteiger partial charge in [0.2, 0.25) is 0 Å². The van der Waals surface area contributed by atoms with Gasteiger partial charge in [0.25, 0.3) is 5.91 Å². The summed E-state index contributed by atoms with van der Waals surface area (Å²) in [6.07, 6.45) is 0. The maximum Gasteiger partial charge on any atom is 0.269 e. The molecule has 18 heavy (non-hydrogen) atoms. The Labute approximate surface area is 114 Å². The Morgan fingerprint density at radius 3 is 2.72 bits per heavy atom. The molecule has 1 aromatic heterocycles. The summed E-state index contributed by atoms with van der Waals surface area (Å²) >= 11 is 7.23. The average Bonchev–Trinajstić information content (AvgIpc) is 2.83.